The van der Waals surface area contributed by atoms with Gasteiger partial charge < -0.3 is 30.7 Å². The summed E-state index contributed by atoms with van der Waals surface area (Å²) in [5.74, 6) is -0.950. The van der Waals surface area contributed by atoms with Crippen LogP contribution in [0, 0.1) is 0 Å². The molecule has 4 amide bonds. The number of rotatable bonds is 8. The van der Waals surface area contributed by atoms with E-state index in [0.29, 0.717) is 31.6 Å². The molecule has 3 aromatic carbocycles. The molecule has 0 fully saturated rings. The van der Waals surface area contributed by atoms with Gasteiger partial charge in [-0.1, -0.05) is 54.6 Å². The molecular weight excluding hydrogens is 560 g/mol. The smallest absolute Gasteiger partial charge is 0.255 e. The summed E-state index contributed by atoms with van der Waals surface area (Å²) in [7, 11) is 1.61. The van der Waals surface area contributed by atoms with Crippen molar-refractivity contribution >= 4 is 23.6 Å². The molecule has 4 rings (SSSR count). The van der Waals surface area contributed by atoms with E-state index >= 15 is 0 Å². The number of para-hydroxylation sites is 1. The molecular formula is C34H40N4O6. The number of hydrogen-bond donors (Lipinski definition) is 4. The molecule has 0 unspecified atom stereocenters. The topological polar surface area (TPSA) is 135 Å². The largest absolute Gasteiger partial charge is 0.497 e. The quantitative estimate of drug-likeness (QED) is 0.294. The lowest BCUT2D eigenvalue weighted by Crippen LogP contribution is -2.59. The number of amides is 4. The number of aryl methyl sites for hydroxylation is 1. The minimum absolute atomic E-state index is 0.0756. The highest BCUT2D eigenvalue weighted by Gasteiger charge is 2.34. The highest BCUT2D eigenvalue weighted by molar-refractivity contribution is 6.01. The zero-order chi connectivity index (χ0) is 31.5. The standard InChI is InChI=1S/C34H40N4O6/c1-34(2)33(42)36-25(19-23-11-5-4-6-12-23)22-44-29-17-8-7-16-27(29)31(40)37-28(21-30(39)38-34)32(41)35-18-10-14-24-13-9-15-26(20-24)43-3/h4-9,11-13,15-17,20,25,28H,10,14,18-19,21-22H2,1-3H3,(H,35,41)(H,36,42)(H,37,40)(H,38,39)/t25-,28+/m1/s1. The number of methoxy groups -OCH3 is 1. The maximum absolute atomic E-state index is 13.4. The van der Waals surface area contributed by atoms with Gasteiger partial charge in [0, 0.05) is 6.54 Å². The van der Waals surface area contributed by atoms with E-state index in [4.69, 9.17) is 9.47 Å². The van der Waals surface area contributed by atoms with Gasteiger partial charge in [-0.25, -0.2) is 0 Å². The van der Waals surface area contributed by atoms with Crippen LogP contribution in [-0.2, 0) is 27.2 Å². The summed E-state index contributed by atoms with van der Waals surface area (Å²) in [5.41, 5.74) is 0.974. The van der Waals surface area contributed by atoms with Crippen LogP contribution in [0.15, 0.2) is 78.9 Å². The number of benzene rings is 3. The van der Waals surface area contributed by atoms with E-state index < -0.39 is 41.3 Å². The molecule has 1 heterocycles. The summed E-state index contributed by atoms with van der Waals surface area (Å²) in [6, 6.07) is 22.4. The maximum Gasteiger partial charge on any atom is 0.255 e. The highest BCUT2D eigenvalue weighted by atomic mass is 16.5. The van der Waals surface area contributed by atoms with Crippen molar-refractivity contribution in [2.45, 2.75) is 57.2 Å². The van der Waals surface area contributed by atoms with Gasteiger partial charge >= 0.3 is 0 Å². The second-order valence-electron chi connectivity index (χ2n) is 11.3. The molecule has 1 aliphatic heterocycles. The van der Waals surface area contributed by atoms with Crippen molar-refractivity contribution in [2.75, 3.05) is 20.3 Å². The van der Waals surface area contributed by atoms with Gasteiger partial charge in [-0.3, -0.25) is 19.2 Å². The van der Waals surface area contributed by atoms with E-state index in [-0.39, 0.29) is 18.6 Å². The van der Waals surface area contributed by atoms with Gasteiger partial charge in [0.2, 0.25) is 17.7 Å². The van der Waals surface area contributed by atoms with Crippen molar-refractivity contribution in [1.82, 2.24) is 21.3 Å². The Bertz CT molecular complexity index is 1460. The molecule has 0 aromatic heterocycles. The zero-order valence-electron chi connectivity index (χ0n) is 25.4. The SMILES string of the molecule is COc1cccc(CCCNC(=O)[C@@H]2CC(=O)NC(C)(C)C(=O)N[C@H](Cc3ccccc3)COc3ccccc3C(=O)N2)c1. The van der Waals surface area contributed by atoms with Crippen LogP contribution in [0.4, 0.5) is 0 Å². The van der Waals surface area contributed by atoms with Gasteiger partial charge in [0.1, 0.15) is 29.7 Å². The van der Waals surface area contributed by atoms with Gasteiger partial charge in [-0.15, -0.1) is 0 Å². The maximum atomic E-state index is 13.4. The Morgan fingerprint density at radius 1 is 0.955 bits per heavy atom. The predicted octanol–water partition coefficient (Wildman–Crippen LogP) is 2.95. The molecule has 1 aliphatic rings. The Balaban J connectivity index is 1.50. The zero-order valence-corrected chi connectivity index (χ0v) is 25.4. The second-order valence-corrected chi connectivity index (χ2v) is 11.3. The molecule has 0 saturated heterocycles. The highest BCUT2D eigenvalue weighted by Crippen LogP contribution is 2.20. The summed E-state index contributed by atoms with van der Waals surface area (Å²) in [4.78, 5) is 53.2. The number of fused-ring (bicyclic) bond motifs is 1. The van der Waals surface area contributed by atoms with Crippen LogP contribution in [0.1, 0.15) is 48.2 Å². The molecule has 0 saturated carbocycles. The van der Waals surface area contributed by atoms with E-state index in [1.807, 2.05) is 54.6 Å². The van der Waals surface area contributed by atoms with Gasteiger partial charge in [0.05, 0.1) is 25.1 Å². The molecule has 232 valence electrons. The average Bonchev–Trinajstić information content (AvgIpc) is 3.01. The van der Waals surface area contributed by atoms with Crippen molar-refractivity contribution < 1.29 is 28.7 Å². The summed E-state index contributed by atoms with van der Waals surface area (Å²) in [6.07, 6.45) is 1.46. The van der Waals surface area contributed by atoms with Crippen LogP contribution in [-0.4, -0.2) is 61.5 Å². The molecule has 0 radical (unpaired) electrons. The Morgan fingerprint density at radius 2 is 1.68 bits per heavy atom. The van der Waals surface area contributed by atoms with Crippen molar-refractivity contribution in [3.05, 3.63) is 95.6 Å². The van der Waals surface area contributed by atoms with Crippen LogP contribution in [0.2, 0.25) is 0 Å². The molecule has 44 heavy (non-hydrogen) atoms. The Labute approximate surface area is 257 Å². The lowest BCUT2D eigenvalue weighted by atomic mass is 10.0. The fraction of sp³-hybridized carbons (Fsp3) is 0.353. The molecule has 0 spiro atoms. The normalized spacial score (nSPS) is 18.8. The first-order valence-corrected chi connectivity index (χ1v) is 14.7. The van der Waals surface area contributed by atoms with Crippen LogP contribution in [0.5, 0.6) is 11.5 Å². The van der Waals surface area contributed by atoms with E-state index in [1.165, 1.54) is 0 Å². The van der Waals surface area contributed by atoms with Gasteiger partial charge in [0.15, 0.2) is 0 Å². The van der Waals surface area contributed by atoms with E-state index in [2.05, 4.69) is 21.3 Å². The van der Waals surface area contributed by atoms with Gasteiger partial charge in [0.25, 0.3) is 5.91 Å². The van der Waals surface area contributed by atoms with Crippen LogP contribution >= 0.6 is 0 Å². The summed E-state index contributed by atoms with van der Waals surface area (Å²) >= 11 is 0. The number of ether oxygens (including phenoxy) is 2. The Kier molecular flexibility index (Phi) is 11.0. The van der Waals surface area contributed by atoms with Crippen LogP contribution in [0.3, 0.4) is 0 Å². The van der Waals surface area contributed by atoms with Crippen molar-refractivity contribution in [3.63, 3.8) is 0 Å². The van der Waals surface area contributed by atoms with E-state index in [0.717, 1.165) is 16.9 Å². The Morgan fingerprint density at radius 3 is 2.45 bits per heavy atom. The van der Waals surface area contributed by atoms with Crippen molar-refractivity contribution in [1.29, 1.82) is 0 Å². The lowest BCUT2D eigenvalue weighted by Gasteiger charge is -2.30. The summed E-state index contributed by atoms with van der Waals surface area (Å²) < 4.78 is 11.4. The molecule has 0 aliphatic carbocycles. The monoisotopic (exact) mass is 600 g/mol. The third kappa shape index (κ3) is 9.07. The first-order valence-electron chi connectivity index (χ1n) is 14.7. The average molecular weight is 601 g/mol. The first kappa shape index (κ1) is 32.1. The van der Waals surface area contributed by atoms with E-state index in [1.54, 1.807) is 45.2 Å². The van der Waals surface area contributed by atoms with Crippen LogP contribution in [0.25, 0.3) is 0 Å². The van der Waals surface area contributed by atoms with E-state index in [9.17, 15) is 19.2 Å². The third-order valence-electron chi connectivity index (χ3n) is 7.34. The van der Waals surface area contributed by atoms with Gasteiger partial charge in [-0.05, 0) is 68.5 Å². The number of carbonyl (C=O) groups is 4. The third-order valence-corrected chi connectivity index (χ3v) is 7.34. The molecule has 4 N–H and O–H groups in total. The predicted molar refractivity (Wildman–Crippen MR) is 166 cm³/mol. The molecule has 3 aromatic rings. The van der Waals surface area contributed by atoms with Crippen molar-refractivity contribution in [2.24, 2.45) is 0 Å². The molecule has 10 heteroatoms. The fourth-order valence-corrected chi connectivity index (χ4v) is 4.93. The second kappa shape index (κ2) is 15.0. The van der Waals surface area contributed by atoms with Crippen molar-refractivity contribution in [3.8, 4) is 11.5 Å². The van der Waals surface area contributed by atoms with Crippen LogP contribution < -0.4 is 30.7 Å². The first-order chi connectivity index (χ1) is 21.1. The number of nitrogens with one attached hydrogen (secondary N) is 4. The fourth-order valence-electron chi connectivity index (χ4n) is 4.93. The number of carbonyl (C=O) groups excluding carboxylic acids is 4. The molecule has 0 bridgehead atoms. The minimum Gasteiger partial charge on any atom is -0.497 e. The minimum atomic E-state index is -1.30. The summed E-state index contributed by atoms with van der Waals surface area (Å²) in [6.45, 7) is 3.59. The molecule has 2 atom stereocenters. The lowest BCUT2D eigenvalue weighted by molar-refractivity contribution is -0.134. The Hall–Kier alpha value is -4.86. The molecule has 10 nitrogen and oxygen atoms in total. The van der Waals surface area contributed by atoms with Gasteiger partial charge in [-0.2, -0.15) is 0 Å². The number of hydrogen-bond acceptors (Lipinski definition) is 6. The summed E-state index contributed by atoms with van der Waals surface area (Å²) in [5, 5.41) is 11.3.